The van der Waals surface area contributed by atoms with E-state index in [0.29, 0.717) is 17.1 Å². The van der Waals surface area contributed by atoms with Crippen molar-refractivity contribution in [2.24, 2.45) is 5.41 Å². The number of aliphatic hydroxyl groups is 1. The molecule has 94 valence electrons. The van der Waals surface area contributed by atoms with Crippen LogP contribution in [-0.4, -0.2) is 11.9 Å². The first kappa shape index (κ1) is 11.8. The zero-order chi connectivity index (χ0) is 12.8. The summed E-state index contributed by atoms with van der Waals surface area (Å²) in [5.74, 6) is 1.27. The van der Waals surface area contributed by atoms with Crippen LogP contribution in [0.15, 0.2) is 16.6 Å². The number of hydrogen-bond acceptors (Lipinski definition) is 4. The number of nitrogens with zero attached hydrogens (tertiary/aromatic N) is 1. The minimum Gasteiger partial charge on any atom is -0.454 e. The smallest absolute Gasteiger partial charge is 0.231 e. The standard InChI is InChI=1S/C13H12BrNO3/c14-9-4-8(5-10-11(9)18-7-17-10)12(16)13(6-15)2-1-3-13/h4-5,12,16H,1-3,7H2. The molecular formula is C13H12BrNO3. The summed E-state index contributed by atoms with van der Waals surface area (Å²) in [4.78, 5) is 0. The Kier molecular flexibility index (Phi) is 2.72. The van der Waals surface area contributed by atoms with Gasteiger partial charge in [0.05, 0.1) is 22.1 Å². The van der Waals surface area contributed by atoms with Crippen molar-refractivity contribution >= 4 is 15.9 Å². The maximum absolute atomic E-state index is 10.4. The molecule has 1 unspecified atom stereocenters. The van der Waals surface area contributed by atoms with Crippen LogP contribution < -0.4 is 9.47 Å². The maximum atomic E-state index is 10.4. The molecule has 1 fully saturated rings. The number of hydrogen-bond donors (Lipinski definition) is 1. The van der Waals surface area contributed by atoms with Crippen LogP contribution in [-0.2, 0) is 0 Å². The maximum Gasteiger partial charge on any atom is 0.231 e. The second-order valence-electron chi connectivity index (χ2n) is 4.76. The van der Waals surface area contributed by atoms with Gasteiger partial charge in [0.2, 0.25) is 6.79 Å². The fourth-order valence-electron chi connectivity index (χ4n) is 2.47. The molecule has 18 heavy (non-hydrogen) atoms. The summed E-state index contributed by atoms with van der Waals surface area (Å²) in [5.41, 5.74) is 0.0695. The van der Waals surface area contributed by atoms with E-state index in [2.05, 4.69) is 22.0 Å². The van der Waals surface area contributed by atoms with Gasteiger partial charge in [-0.2, -0.15) is 5.26 Å². The number of ether oxygens (including phenoxy) is 2. The lowest BCUT2D eigenvalue weighted by molar-refractivity contribution is 0.00781. The Hall–Kier alpha value is -1.25. The van der Waals surface area contributed by atoms with Gasteiger partial charge in [0.15, 0.2) is 11.5 Å². The van der Waals surface area contributed by atoms with Gasteiger partial charge in [0, 0.05) is 0 Å². The summed E-state index contributed by atoms with van der Waals surface area (Å²) < 4.78 is 11.4. The van der Waals surface area contributed by atoms with E-state index < -0.39 is 11.5 Å². The van der Waals surface area contributed by atoms with Crippen molar-refractivity contribution in [1.82, 2.24) is 0 Å². The van der Waals surface area contributed by atoms with Gasteiger partial charge < -0.3 is 14.6 Å². The molecule has 0 bridgehead atoms. The number of aliphatic hydroxyl groups excluding tert-OH is 1. The van der Waals surface area contributed by atoms with Crippen LogP contribution in [0.1, 0.15) is 30.9 Å². The molecule has 1 aromatic carbocycles. The van der Waals surface area contributed by atoms with Gasteiger partial charge >= 0.3 is 0 Å². The molecule has 1 saturated carbocycles. The Morgan fingerprint density at radius 3 is 2.78 bits per heavy atom. The molecule has 0 aromatic heterocycles. The van der Waals surface area contributed by atoms with E-state index in [1.165, 1.54) is 0 Å². The Balaban J connectivity index is 1.98. The molecule has 1 heterocycles. The van der Waals surface area contributed by atoms with Gasteiger partial charge in [-0.05, 0) is 46.5 Å². The van der Waals surface area contributed by atoms with E-state index in [4.69, 9.17) is 9.47 Å². The number of nitriles is 1. The summed E-state index contributed by atoms with van der Waals surface area (Å²) in [6.07, 6.45) is 1.71. The van der Waals surface area contributed by atoms with Crippen molar-refractivity contribution in [3.05, 3.63) is 22.2 Å². The molecule has 5 heteroatoms. The van der Waals surface area contributed by atoms with Gasteiger partial charge in [-0.1, -0.05) is 6.42 Å². The van der Waals surface area contributed by atoms with E-state index in [1.54, 1.807) is 12.1 Å². The predicted octanol–water partition coefficient (Wildman–Crippen LogP) is 2.91. The van der Waals surface area contributed by atoms with Crippen molar-refractivity contribution in [3.63, 3.8) is 0 Å². The Bertz CT molecular complexity index is 534. The van der Waals surface area contributed by atoms with Crippen LogP contribution in [0.3, 0.4) is 0 Å². The van der Waals surface area contributed by atoms with Crippen molar-refractivity contribution in [2.75, 3.05) is 6.79 Å². The molecule has 2 aliphatic rings. The highest BCUT2D eigenvalue weighted by molar-refractivity contribution is 9.10. The van der Waals surface area contributed by atoms with Crippen LogP contribution in [0.25, 0.3) is 0 Å². The van der Waals surface area contributed by atoms with Crippen LogP contribution in [0.4, 0.5) is 0 Å². The zero-order valence-corrected chi connectivity index (χ0v) is 11.2. The van der Waals surface area contributed by atoms with Crippen LogP contribution >= 0.6 is 15.9 Å². The summed E-state index contributed by atoms with van der Waals surface area (Å²) >= 11 is 3.40. The monoisotopic (exact) mass is 309 g/mol. The lowest BCUT2D eigenvalue weighted by Gasteiger charge is -2.39. The molecule has 0 saturated heterocycles. The van der Waals surface area contributed by atoms with Crippen molar-refractivity contribution in [2.45, 2.75) is 25.4 Å². The van der Waals surface area contributed by atoms with E-state index in [-0.39, 0.29) is 6.79 Å². The molecule has 0 radical (unpaired) electrons. The van der Waals surface area contributed by atoms with Gasteiger partial charge in [0.1, 0.15) is 0 Å². The lowest BCUT2D eigenvalue weighted by Crippen LogP contribution is -2.34. The average molecular weight is 310 g/mol. The predicted molar refractivity (Wildman–Crippen MR) is 67.1 cm³/mol. The quantitative estimate of drug-likeness (QED) is 0.912. The largest absolute Gasteiger partial charge is 0.454 e. The fraction of sp³-hybridized carbons (Fsp3) is 0.462. The Labute approximate surface area is 113 Å². The number of benzene rings is 1. The minimum absolute atomic E-state index is 0.191. The first-order chi connectivity index (χ1) is 8.66. The lowest BCUT2D eigenvalue weighted by atomic mass is 9.64. The summed E-state index contributed by atoms with van der Waals surface area (Å²) in [7, 11) is 0. The first-order valence-corrected chi connectivity index (χ1v) is 6.64. The minimum atomic E-state index is -0.776. The Morgan fingerprint density at radius 2 is 2.17 bits per heavy atom. The molecule has 1 aliphatic carbocycles. The van der Waals surface area contributed by atoms with Crippen LogP contribution in [0.2, 0.25) is 0 Å². The Morgan fingerprint density at radius 1 is 1.39 bits per heavy atom. The third-order valence-electron chi connectivity index (χ3n) is 3.76. The molecule has 1 aromatic rings. The first-order valence-electron chi connectivity index (χ1n) is 5.85. The van der Waals surface area contributed by atoms with Gasteiger partial charge in [-0.15, -0.1) is 0 Å². The molecule has 3 rings (SSSR count). The van der Waals surface area contributed by atoms with E-state index in [1.807, 2.05) is 0 Å². The third-order valence-corrected chi connectivity index (χ3v) is 4.35. The van der Waals surface area contributed by atoms with Crippen LogP contribution in [0, 0.1) is 16.7 Å². The highest BCUT2D eigenvalue weighted by Gasteiger charge is 2.45. The van der Waals surface area contributed by atoms with Crippen molar-refractivity contribution in [3.8, 4) is 17.6 Å². The normalized spacial score (nSPS) is 20.9. The van der Waals surface area contributed by atoms with E-state index in [0.717, 1.165) is 23.7 Å². The number of rotatable bonds is 2. The second kappa shape index (κ2) is 4.15. The summed E-state index contributed by atoms with van der Waals surface area (Å²) in [5, 5.41) is 19.7. The van der Waals surface area contributed by atoms with Gasteiger partial charge in [0.25, 0.3) is 0 Å². The van der Waals surface area contributed by atoms with Crippen molar-refractivity contribution in [1.29, 1.82) is 5.26 Å². The highest BCUT2D eigenvalue weighted by Crippen LogP contribution is 2.51. The molecule has 0 spiro atoms. The molecular weight excluding hydrogens is 298 g/mol. The molecule has 1 aliphatic heterocycles. The van der Waals surface area contributed by atoms with E-state index in [9.17, 15) is 10.4 Å². The number of fused-ring (bicyclic) bond motifs is 1. The molecule has 0 amide bonds. The average Bonchev–Trinajstić information content (AvgIpc) is 2.76. The zero-order valence-electron chi connectivity index (χ0n) is 9.65. The topological polar surface area (TPSA) is 62.5 Å². The van der Waals surface area contributed by atoms with Crippen LogP contribution in [0.5, 0.6) is 11.5 Å². The fourth-order valence-corrected chi connectivity index (χ4v) is 3.04. The van der Waals surface area contributed by atoms with Gasteiger partial charge in [-0.3, -0.25) is 0 Å². The highest BCUT2D eigenvalue weighted by atomic mass is 79.9. The van der Waals surface area contributed by atoms with E-state index >= 15 is 0 Å². The van der Waals surface area contributed by atoms with Crippen molar-refractivity contribution < 1.29 is 14.6 Å². The SMILES string of the molecule is N#CC1(C(O)c2cc(Br)c3c(c2)OCO3)CCC1. The molecule has 4 nitrogen and oxygen atoms in total. The van der Waals surface area contributed by atoms with Gasteiger partial charge in [-0.25, -0.2) is 0 Å². The molecule has 1 N–H and O–H groups in total. The number of halogens is 1. The molecule has 1 atom stereocenters. The summed E-state index contributed by atoms with van der Waals surface area (Å²) in [6.45, 7) is 0.191. The third kappa shape index (κ3) is 1.60. The second-order valence-corrected chi connectivity index (χ2v) is 5.61. The summed E-state index contributed by atoms with van der Waals surface area (Å²) in [6, 6.07) is 5.82.